The number of para-hydroxylation sites is 1. The number of hydrogen-bond acceptors (Lipinski definition) is 2. The van der Waals surface area contributed by atoms with Crippen molar-refractivity contribution in [2.75, 3.05) is 0 Å². The Morgan fingerprint density at radius 1 is 1.10 bits per heavy atom. The largest absolute Gasteiger partial charge is 0.434 e. The van der Waals surface area contributed by atoms with E-state index in [1.807, 2.05) is 0 Å². The van der Waals surface area contributed by atoms with Gasteiger partial charge in [0.15, 0.2) is 0 Å². The smallest absolute Gasteiger partial charge is 0.387 e. The molecule has 0 radical (unpaired) electrons. The fourth-order valence-electron chi connectivity index (χ4n) is 2.34. The molecule has 112 valence electrons. The highest BCUT2D eigenvalue weighted by atomic mass is 19.3. The molecule has 0 aliphatic rings. The summed E-state index contributed by atoms with van der Waals surface area (Å²) >= 11 is 0. The molecule has 0 fully saturated rings. The fraction of sp³-hybridized carbons (Fsp3) is 0.250. The molecule has 0 amide bonds. The van der Waals surface area contributed by atoms with Crippen molar-refractivity contribution >= 4 is 0 Å². The van der Waals surface area contributed by atoms with Gasteiger partial charge in [0, 0.05) is 11.1 Å². The van der Waals surface area contributed by atoms with Crippen molar-refractivity contribution in [2.45, 2.75) is 26.6 Å². The predicted octanol–water partition coefficient (Wildman–Crippen LogP) is 4.13. The molecule has 2 rings (SSSR count). The summed E-state index contributed by atoms with van der Waals surface area (Å²) in [5.74, 6) is -0.744. The number of hydrogen-bond donors (Lipinski definition) is 1. The molecule has 21 heavy (non-hydrogen) atoms. The first kappa shape index (κ1) is 15.4. The highest BCUT2D eigenvalue weighted by Crippen LogP contribution is 2.34. The third kappa shape index (κ3) is 3.36. The zero-order valence-electron chi connectivity index (χ0n) is 11.6. The number of aliphatic hydroxyl groups is 1. The summed E-state index contributed by atoms with van der Waals surface area (Å²) < 4.78 is 43.3. The van der Waals surface area contributed by atoms with E-state index >= 15 is 0 Å². The minimum atomic E-state index is -3.01. The molecule has 1 atom stereocenters. The summed E-state index contributed by atoms with van der Waals surface area (Å²) in [5, 5.41) is 10.4. The number of aliphatic hydroxyl groups excluding tert-OH is 1. The van der Waals surface area contributed by atoms with Crippen LogP contribution in [0.25, 0.3) is 0 Å². The zero-order valence-corrected chi connectivity index (χ0v) is 11.6. The lowest BCUT2D eigenvalue weighted by Crippen LogP contribution is -2.10. The summed E-state index contributed by atoms with van der Waals surface area (Å²) in [4.78, 5) is 0. The molecule has 2 aromatic rings. The monoisotopic (exact) mass is 296 g/mol. The van der Waals surface area contributed by atoms with Gasteiger partial charge < -0.3 is 9.84 Å². The Morgan fingerprint density at radius 3 is 2.38 bits per heavy atom. The van der Waals surface area contributed by atoms with E-state index in [1.165, 1.54) is 24.3 Å². The maximum Gasteiger partial charge on any atom is 0.387 e. The van der Waals surface area contributed by atoms with Crippen LogP contribution in [0.5, 0.6) is 5.75 Å². The predicted molar refractivity (Wildman–Crippen MR) is 73.0 cm³/mol. The van der Waals surface area contributed by atoms with Crippen molar-refractivity contribution < 1.29 is 23.0 Å². The Hall–Kier alpha value is -2.01. The van der Waals surface area contributed by atoms with E-state index in [4.69, 9.17) is 0 Å². The Labute approximate surface area is 120 Å². The van der Waals surface area contributed by atoms with Crippen LogP contribution in [0.1, 0.15) is 28.4 Å². The van der Waals surface area contributed by atoms with Crippen LogP contribution in [-0.4, -0.2) is 11.7 Å². The molecular formula is C16H15F3O2. The highest BCUT2D eigenvalue weighted by molar-refractivity contribution is 5.44. The van der Waals surface area contributed by atoms with Crippen molar-refractivity contribution in [2.24, 2.45) is 0 Å². The van der Waals surface area contributed by atoms with Crippen molar-refractivity contribution in [1.82, 2.24) is 0 Å². The average Bonchev–Trinajstić information content (AvgIpc) is 2.37. The van der Waals surface area contributed by atoms with E-state index in [1.54, 1.807) is 26.0 Å². The third-order valence-corrected chi connectivity index (χ3v) is 3.18. The topological polar surface area (TPSA) is 29.5 Å². The van der Waals surface area contributed by atoms with Crippen LogP contribution >= 0.6 is 0 Å². The first-order valence-corrected chi connectivity index (χ1v) is 6.38. The fourth-order valence-corrected chi connectivity index (χ4v) is 2.34. The van der Waals surface area contributed by atoms with Gasteiger partial charge in [0.25, 0.3) is 0 Å². The summed E-state index contributed by atoms with van der Waals surface area (Å²) in [7, 11) is 0. The van der Waals surface area contributed by atoms with Crippen LogP contribution in [0.3, 0.4) is 0 Å². The SMILES string of the molecule is Cc1cc(C)c(C(O)c2ccccc2OC(F)F)c(F)c1. The highest BCUT2D eigenvalue weighted by Gasteiger charge is 2.22. The molecule has 0 saturated heterocycles. The molecule has 0 saturated carbocycles. The van der Waals surface area contributed by atoms with Crippen molar-refractivity contribution in [3.05, 3.63) is 64.5 Å². The maximum atomic E-state index is 14.1. The van der Waals surface area contributed by atoms with Gasteiger partial charge in [-0.05, 0) is 37.1 Å². The van der Waals surface area contributed by atoms with Gasteiger partial charge in [0.2, 0.25) is 0 Å². The molecule has 0 aromatic heterocycles. The van der Waals surface area contributed by atoms with E-state index in [-0.39, 0.29) is 16.9 Å². The summed E-state index contributed by atoms with van der Waals surface area (Å²) in [6, 6.07) is 8.83. The second-order valence-electron chi connectivity index (χ2n) is 4.80. The molecule has 0 aliphatic carbocycles. The first-order chi connectivity index (χ1) is 9.90. The summed E-state index contributed by atoms with van der Waals surface area (Å²) in [5.41, 5.74) is 1.43. The van der Waals surface area contributed by atoms with Gasteiger partial charge in [0.05, 0.1) is 0 Å². The van der Waals surface area contributed by atoms with Crippen molar-refractivity contribution in [1.29, 1.82) is 0 Å². The van der Waals surface area contributed by atoms with Crippen molar-refractivity contribution in [3.8, 4) is 5.75 Å². The number of ether oxygens (including phenoxy) is 1. The summed E-state index contributed by atoms with van der Waals surface area (Å²) in [6.07, 6.45) is -1.37. The second kappa shape index (κ2) is 6.18. The van der Waals surface area contributed by atoms with Crippen LogP contribution < -0.4 is 4.74 Å². The van der Waals surface area contributed by atoms with Gasteiger partial charge in [0.1, 0.15) is 17.7 Å². The average molecular weight is 296 g/mol. The standard InChI is InChI=1S/C16H15F3O2/c1-9-7-10(2)14(12(17)8-9)15(20)11-5-3-4-6-13(11)21-16(18)19/h3-8,15-16,20H,1-2H3. The molecule has 1 unspecified atom stereocenters. The van der Waals surface area contributed by atoms with Crippen LogP contribution in [0.4, 0.5) is 13.2 Å². The molecule has 0 aliphatic heterocycles. The molecule has 5 heteroatoms. The lowest BCUT2D eigenvalue weighted by atomic mass is 9.95. The van der Waals surface area contributed by atoms with Crippen molar-refractivity contribution in [3.63, 3.8) is 0 Å². The molecule has 2 nitrogen and oxygen atoms in total. The number of rotatable bonds is 4. The second-order valence-corrected chi connectivity index (χ2v) is 4.80. The van der Waals surface area contributed by atoms with E-state index in [0.29, 0.717) is 5.56 Å². The molecular weight excluding hydrogens is 281 g/mol. The lowest BCUT2D eigenvalue weighted by molar-refractivity contribution is -0.0512. The zero-order chi connectivity index (χ0) is 15.6. The van der Waals surface area contributed by atoms with Gasteiger partial charge in [-0.3, -0.25) is 0 Å². The minimum Gasteiger partial charge on any atom is -0.434 e. The van der Waals surface area contributed by atoms with Gasteiger partial charge in [-0.1, -0.05) is 24.3 Å². The molecule has 0 spiro atoms. The van der Waals surface area contributed by atoms with E-state index < -0.39 is 18.5 Å². The van der Waals surface area contributed by atoms with Gasteiger partial charge in [-0.2, -0.15) is 8.78 Å². The number of aryl methyl sites for hydroxylation is 2. The molecule has 1 N–H and O–H groups in total. The number of halogens is 3. The van der Waals surface area contributed by atoms with Gasteiger partial charge in [-0.25, -0.2) is 4.39 Å². The van der Waals surface area contributed by atoms with Gasteiger partial charge in [-0.15, -0.1) is 0 Å². The van der Waals surface area contributed by atoms with E-state index in [2.05, 4.69) is 4.74 Å². The Bertz CT molecular complexity index is 618. The van der Waals surface area contributed by atoms with Gasteiger partial charge >= 0.3 is 6.61 Å². The first-order valence-electron chi connectivity index (χ1n) is 6.38. The molecule has 0 heterocycles. The normalized spacial score (nSPS) is 12.5. The quantitative estimate of drug-likeness (QED) is 0.919. The number of alkyl halides is 2. The minimum absolute atomic E-state index is 0.0610. The van der Waals surface area contributed by atoms with E-state index in [0.717, 1.165) is 5.56 Å². The summed E-state index contributed by atoms with van der Waals surface area (Å²) in [6.45, 7) is 0.382. The number of benzene rings is 2. The lowest BCUT2D eigenvalue weighted by Gasteiger charge is -2.18. The molecule has 0 bridgehead atoms. The third-order valence-electron chi connectivity index (χ3n) is 3.18. The van der Waals surface area contributed by atoms with Crippen LogP contribution in [0, 0.1) is 19.7 Å². The molecule has 2 aromatic carbocycles. The maximum absolute atomic E-state index is 14.1. The Kier molecular flexibility index (Phi) is 4.53. The van der Waals surface area contributed by atoms with Crippen LogP contribution in [-0.2, 0) is 0 Å². The Balaban J connectivity index is 2.48. The van der Waals surface area contributed by atoms with Crippen LogP contribution in [0.2, 0.25) is 0 Å². The van der Waals surface area contributed by atoms with Crippen LogP contribution in [0.15, 0.2) is 36.4 Å². The Morgan fingerprint density at radius 2 is 1.76 bits per heavy atom. The van der Waals surface area contributed by atoms with E-state index in [9.17, 15) is 18.3 Å².